The monoisotopic (exact) mass is 749 g/mol. The SMILES string of the molecule is CCOC(=O)C[C@H](NC(=O)C(CC(C)C)n1cc(CCN(C)C)c(C(F)(F)F)cc1=O)c1c(F)c(-c2c(C)cc(C)cc2F)cc(C(F)(F)F)c1F. The number of carbonyl (C=O) groups is 2. The Morgan fingerprint density at radius 2 is 1.54 bits per heavy atom. The van der Waals surface area contributed by atoms with Crippen molar-refractivity contribution in [1.29, 1.82) is 0 Å². The lowest BCUT2D eigenvalue weighted by atomic mass is 9.90. The van der Waals surface area contributed by atoms with Gasteiger partial charge in [0.2, 0.25) is 5.91 Å². The first-order valence-electron chi connectivity index (χ1n) is 16.3. The molecule has 0 bridgehead atoms. The molecule has 52 heavy (non-hydrogen) atoms. The van der Waals surface area contributed by atoms with Crippen LogP contribution in [0.4, 0.5) is 39.5 Å². The molecule has 0 saturated heterocycles. The fraction of sp³-hybridized carbons (Fsp3) is 0.472. The van der Waals surface area contributed by atoms with Gasteiger partial charge in [0.25, 0.3) is 5.56 Å². The second kappa shape index (κ2) is 16.6. The second-order valence-corrected chi connectivity index (χ2v) is 13.2. The number of alkyl halides is 6. The molecule has 0 radical (unpaired) electrons. The minimum Gasteiger partial charge on any atom is -0.466 e. The standard InChI is InChI=1S/C36H40F9N3O4/c1-8-52-29(50)16-26(31-32(38)22(14-24(33(31)39)36(43,44)45)30-20(5)12-19(4)13-25(30)37)46-34(51)27(11-18(2)3)48-17-21(9-10-47(6)7)23(15-28(48)49)35(40,41)42/h12-15,17-18,26-27H,8-11,16H2,1-7H3,(H,46,51)/t26-,27?/m0/s1. The van der Waals surface area contributed by atoms with Gasteiger partial charge in [0.1, 0.15) is 23.5 Å². The van der Waals surface area contributed by atoms with E-state index in [1.807, 2.05) is 0 Å². The van der Waals surface area contributed by atoms with Crippen LogP contribution in [0.1, 0.15) is 79.1 Å². The first kappa shape index (κ1) is 42.1. The Hall–Kier alpha value is -4.34. The number of benzene rings is 2. The van der Waals surface area contributed by atoms with Crippen LogP contribution < -0.4 is 10.9 Å². The highest BCUT2D eigenvalue weighted by molar-refractivity contribution is 5.82. The smallest absolute Gasteiger partial charge is 0.419 e. The normalized spacial score (nSPS) is 13.4. The van der Waals surface area contributed by atoms with Gasteiger partial charge in [-0.1, -0.05) is 19.9 Å². The molecule has 1 N–H and O–H groups in total. The number of ether oxygens (including phenoxy) is 1. The van der Waals surface area contributed by atoms with Gasteiger partial charge in [0.15, 0.2) is 0 Å². The van der Waals surface area contributed by atoms with Crippen LogP contribution in [0.25, 0.3) is 11.1 Å². The van der Waals surface area contributed by atoms with E-state index in [1.165, 1.54) is 26.8 Å². The number of hydrogen-bond acceptors (Lipinski definition) is 5. The highest BCUT2D eigenvalue weighted by Crippen LogP contribution is 2.42. The summed E-state index contributed by atoms with van der Waals surface area (Å²) in [4.78, 5) is 41.5. The van der Waals surface area contributed by atoms with Crippen molar-refractivity contribution in [3.8, 4) is 11.1 Å². The molecule has 2 atom stereocenters. The molecule has 2 aromatic carbocycles. The predicted octanol–water partition coefficient (Wildman–Crippen LogP) is 8.09. The van der Waals surface area contributed by atoms with E-state index in [2.05, 4.69) is 5.32 Å². The zero-order valence-electron chi connectivity index (χ0n) is 29.6. The molecule has 0 saturated carbocycles. The van der Waals surface area contributed by atoms with Gasteiger partial charge in [0, 0.05) is 35.5 Å². The van der Waals surface area contributed by atoms with Crippen LogP contribution in [-0.2, 0) is 33.1 Å². The zero-order valence-corrected chi connectivity index (χ0v) is 29.6. The lowest BCUT2D eigenvalue weighted by Gasteiger charge is -2.28. The maximum absolute atomic E-state index is 16.5. The molecule has 0 aliphatic heterocycles. The predicted molar refractivity (Wildman–Crippen MR) is 175 cm³/mol. The summed E-state index contributed by atoms with van der Waals surface area (Å²) in [6.45, 7) is 7.22. The van der Waals surface area contributed by atoms with E-state index in [9.17, 15) is 40.7 Å². The number of halogens is 9. The Bertz CT molecular complexity index is 1830. The zero-order chi connectivity index (χ0) is 39.5. The Kier molecular flexibility index (Phi) is 13.4. The third kappa shape index (κ3) is 9.95. The van der Waals surface area contributed by atoms with Crippen LogP contribution in [0.5, 0.6) is 0 Å². The van der Waals surface area contributed by atoms with E-state index >= 15 is 13.2 Å². The number of nitrogens with one attached hydrogen (secondary N) is 1. The average Bonchev–Trinajstić information content (AvgIpc) is 2.98. The molecule has 0 fully saturated rings. The number of amides is 1. The summed E-state index contributed by atoms with van der Waals surface area (Å²) in [6.07, 6.45) is -11.1. The van der Waals surface area contributed by atoms with Crippen molar-refractivity contribution in [2.24, 2.45) is 5.92 Å². The maximum Gasteiger partial charge on any atom is 0.419 e. The quantitative estimate of drug-likeness (QED) is 0.141. The first-order chi connectivity index (χ1) is 24.0. The number of pyridine rings is 1. The molecule has 1 unspecified atom stereocenters. The number of likely N-dealkylation sites (N-methyl/N-ethyl adjacent to an activating group) is 1. The second-order valence-electron chi connectivity index (χ2n) is 13.2. The number of nitrogens with zero attached hydrogens (tertiary/aromatic N) is 2. The summed E-state index contributed by atoms with van der Waals surface area (Å²) >= 11 is 0. The van der Waals surface area contributed by atoms with E-state index in [0.29, 0.717) is 16.2 Å². The number of hydrogen-bond donors (Lipinski definition) is 1. The van der Waals surface area contributed by atoms with E-state index in [0.717, 1.165) is 12.3 Å². The van der Waals surface area contributed by atoms with Gasteiger partial charge in [-0.05, 0) is 82.4 Å². The molecule has 0 spiro atoms. The van der Waals surface area contributed by atoms with Crippen molar-refractivity contribution >= 4 is 11.9 Å². The summed E-state index contributed by atoms with van der Waals surface area (Å²) in [5.41, 5.74) is -7.60. The van der Waals surface area contributed by atoms with Crippen LogP contribution in [-0.4, -0.2) is 48.6 Å². The Morgan fingerprint density at radius 1 is 0.923 bits per heavy atom. The number of aryl methyl sites for hydroxylation is 2. The third-order valence-electron chi connectivity index (χ3n) is 8.21. The van der Waals surface area contributed by atoms with Crippen molar-refractivity contribution in [3.63, 3.8) is 0 Å². The fourth-order valence-corrected chi connectivity index (χ4v) is 5.92. The number of esters is 1. The molecule has 16 heteroatoms. The van der Waals surface area contributed by atoms with Crippen molar-refractivity contribution in [2.75, 3.05) is 27.2 Å². The Balaban J connectivity index is 2.32. The molecule has 0 aliphatic carbocycles. The average molecular weight is 750 g/mol. The lowest BCUT2D eigenvalue weighted by molar-refractivity contribution is -0.144. The van der Waals surface area contributed by atoms with Gasteiger partial charge in [-0.3, -0.25) is 14.4 Å². The van der Waals surface area contributed by atoms with Crippen LogP contribution in [0.2, 0.25) is 0 Å². The van der Waals surface area contributed by atoms with Crippen LogP contribution in [0.3, 0.4) is 0 Å². The van der Waals surface area contributed by atoms with Gasteiger partial charge in [0.05, 0.1) is 30.2 Å². The number of carbonyl (C=O) groups excluding carboxylic acids is 2. The van der Waals surface area contributed by atoms with Crippen LogP contribution in [0, 0.1) is 37.2 Å². The van der Waals surface area contributed by atoms with Gasteiger partial charge in [-0.25, -0.2) is 13.2 Å². The van der Waals surface area contributed by atoms with E-state index < -0.39 is 99.5 Å². The summed E-state index contributed by atoms with van der Waals surface area (Å²) in [5.74, 6) is -7.92. The third-order valence-corrected chi connectivity index (χ3v) is 8.21. The number of aromatic nitrogens is 1. The largest absolute Gasteiger partial charge is 0.466 e. The molecule has 0 aliphatic rings. The minimum absolute atomic E-state index is 0.00296. The summed E-state index contributed by atoms with van der Waals surface area (Å²) in [7, 11) is 3.21. The molecular formula is C36H40F9N3O4. The van der Waals surface area contributed by atoms with Crippen molar-refractivity contribution in [1.82, 2.24) is 14.8 Å². The lowest BCUT2D eigenvalue weighted by Crippen LogP contribution is -2.41. The Labute approximate surface area is 294 Å². The Morgan fingerprint density at radius 3 is 2.06 bits per heavy atom. The fourth-order valence-electron chi connectivity index (χ4n) is 5.92. The van der Waals surface area contributed by atoms with Gasteiger partial charge in [-0.2, -0.15) is 26.3 Å². The topological polar surface area (TPSA) is 80.6 Å². The van der Waals surface area contributed by atoms with Gasteiger partial charge >= 0.3 is 18.3 Å². The summed E-state index contributed by atoms with van der Waals surface area (Å²) < 4.78 is 138. The van der Waals surface area contributed by atoms with E-state index in [-0.39, 0.29) is 43.2 Å². The van der Waals surface area contributed by atoms with Gasteiger partial charge < -0.3 is 19.5 Å². The van der Waals surface area contributed by atoms with Gasteiger partial charge in [-0.15, -0.1) is 0 Å². The molecule has 7 nitrogen and oxygen atoms in total. The van der Waals surface area contributed by atoms with Crippen molar-refractivity contribution in [2.45, 2.75) is 78.3 Å². The highest BCUT2D eigenvalue weighted by Gasteiger charge is 2.41. The summed E-state index contributed by atoms with van der Waals surface area (Å²) in [5, 5.41) is 2.17. The maximum atomic E-state index is 16.5. The number of rotatable bonds is 13. The molecule has 3 rings (SSSR count). The summed E-state index contributed by atoms with van der Waals surface area (Å²) in [6, 6.07) is -1.19. The van der Waals surface area contributed by atoms with Crippen LogP contribution >= 0.6 is 0 Å². The molecule has 1 heterocycles. The van der Waals surface area contributed by atoms with E-state index in [1.54, 1.807) is 32.8 Å². The molecule has 3 aromatic rings. The molecule has 1 amide bonds. The van der Waals surface area contributed by atoms with Crippen molar-refractivity contribution in [3.05, 3.63) is 91.6 Å². The first-order valence-corrected chi connectivity index (χ1v) is 16.3. The van der Waals surface area contributed by atoms with Crippen LogP contribution in [0.15, 0.2) is 35.3 Å². The molecular weight excluding hydrogens is 709 g/mol. The van der Waals surface area contributed by atoms with E-state index in [4.69, 9.17) is 4.74 Å². The van der Waals surface area contributed by atoms with Crippen molar-refractivity contribution < 1.29 is 53.8 Å². The molecule has 286 valence electrons. The highest BCUT2D eigenvalue weighted by atomic mass is 19.4. The molecule has 1 aromatic heterocycles. The minimum atomic E-state index is -5.47.